The molecule has 1 aromatic heterocycles. The van der Waals surface area contributed by atoms with Crippen LogP contribution >= 0.6 is 0 Å². The molecule has 3 aliphatic rings. The summed E-state index contributed by atoms with van der Waals surface area (Å²) in [4.78, 5) is 62.8. The largest absolute Gasteiger partial charge is 0.497 e. The first-order chi connectivity index (χ1) is 26.7. The second-order valence-corrected chi connectivity index (χ2v) is 20.0. The standard InChI is InChI=1S/C44H54FN3O8S/c1-8-29-23-44(29,41(52)47-57(53,54)34-14-15-34)25-38(50)37-21-33(56-39-35-16-13-32(55-7)19-28(35)17-18-46-39)26-48(37)40(51)36(42(2,3)4)20-31(49)24-43(5,6)22-27-9-11-30(45)12-10-27/h8-13,16-19,29,33-34,36-37H,1,14-15,20-26H2,2-7H3,(H,47,52)/t29-,33-,36-,37+,44-/m1/s1. The van der Waals surface area contributed by atoms with Crippen molar-refractivity contribution in [3.05, 3.63) is 78.8 Å². The molecule has 11 nitrogen and oxygen atoms in total. The summed E-state index contributed by atoms with van der Waals surface area (Å²) >= 11 is 0. The molecule has 13 heteroatoms. The lowest BCUT2D eigenvalue weighted by molar-refractivity contribution is -0.146. The first kappa shape index (κ1) is 42.0. The molecule has 6 rings (SSSR count). The number of ketones is 2. The molecule has 0 unspecified atom stereocenters. The van der Waals surface area contributed by atoms with Gasteiger partial charge in [0.05, 0.1) is 30.4 Å². The maximum atomic E-state index is 14.8. The van der Waals surface area contributed by atoms with E-state index in [4.69, 9.17) is 9.47 Å². The van der Waals surface area contributed by atoms with Crippen LogP contribution in [0, 0.1) is 33.9 Å². The van der Waals surface area contributed by atoms with E-state index in [1.165, 1.54) is 17.0 Å². The fourth-order valence-electron chi connectivity index (χ4n) is 8.26. The van der Waals surface area contributed by atoms with Crippen LogP contribution in [-0.2, 0) is 35.6 Å². The highest BCUT2D eigenvalue weighted by Gasteiger charge is 2.61. The summed E-state index contributed by atoms with van der Waals surface area (Å²) in [5.74, 6) is -2.18. The van der Waals surface area contributed by atoms with E-state index in [0.717, 1.165) is 10.9 Å². The quantitative estimate of drug-likeness (QED) is 0.146. The van der Waals surface area contributed by atoms with Gasteiger partial charge in [-0.25, -0.2) is 17.8 Å². The average Bonchev–Trinajstić information content (AvgIpc) is 4.07. The number of hydrogen-bond acceptors (Lipinski definition) is 9. The third kappa shape index (κ3) is 9.56. The third-order valence-corrected chi connectivity index (χ3v) is 13.6. The molecule has 0 radical (unpaired) electrons. The Hall–Kier alpha value is -4.65. The Morgan fingerprint density at radius 1 is 1.07 bits per heavy atom. The topological polar surface area (TPSA) is 149 Å². The number of Topliss-reactive ketones (excluding diaryl/α,β-unsaturated/α-hetero) is 2. The van der Waals surface area contributed by atoms with Crippen molar-refractivity contribution in [1.82, 2.24) is 14.6 Å². The fourth-order valence-corrected chi connectivity index (χ4v) is 9.65. The van der Waals surface area contributed by atoms with Crippen molar-refractivity contribution in [2.75, 3.05) is 13.7 Å². The molecule has 1 saturated heterocycles. The summed E-state index contributed by atoms with van der Waals surface area (Å²) in [7, 11) is -2.29. The number of halogens is 1. The van der Waals surface area contributed by atoms with Crippen molar-refractivity contribution in [2.24, 2.45) is 28.1 Å². The zero-order chi connectivity index (χ0) is 41.5. The van der Waals surface area contributed by atoms with Gasteiger partial charge in [0.1, 0.15) is 23.5 Å². The Morgan fingerprint density at radius 3 is 2.39 bits per heavy atom. The number of nitrogens with zero attached hydrogens (tertiary/aromatic N) is 2. The van der Waals surface area contributed by atoms with Crippen molar-refractivity contribution in [1.29, 1.82) is 0 Å². The van der Waals surface area contributed by atoms with E-state index in [1.54, 1.807) is 37.6 Å². The van der Waals surface area contributed by atoms with Gasteiger partial charge in [0.2, 0.25) is 27.7 Å². The van der Waals surface area contributed by atoms with E-state index in [2.05, 4.69) is 16.3 Å². The Bertz CT molecular complexity index is 2160. The molecule has 306 valence electrons. The second-order valence-electron chi connectivity index (χ2n) is 18.0. The lowest BCUT2D eigenvalue weighted by Crippen LogP contribution is -2.48. The molecule has 57 heavy (non-hydrogen) atoms. The van der Waals surface area contributed by atoms with Gasteiger partial charge < -0.3 is 14.4 Å². The van der Waals surface area contributed by atoms with Crippen LogP contribution < -0.4 is 14.2 Å². The van der Waals surface area contributed by atoms with Crippen LogP contribution in [0.2, 0.25) is 0 Å². The van der Waals surface area contributed by atoms with Crippen molar-refractivity contribution in [2.45, 2.75) is 103 Å². The lowest BCUT2D eigenvalue weighted by atomic mass is 9.74. The number of amides is 2. The van der Waals surface area contributed by atoms with E-state index in [0.29, 0.717) is 36.3 Å². The zero-order valence-electron chi connectivity index (χ0n) is 33.7. The Labute approximate surface area is 334 Å². The van der Waals surface area contributed by atoms with Crippen LogP contribution in [0.3, 0.4) is 0 Å². The average molecular weight is 804 g/mol. The monoisotopic (exact) mass is 803 g/mol. The zero-order valence-corrected chi connectivity index (χ0v) is 34.5. The van der Waals surface area contributed by atoms with Crippen LogP contribution in [0.25, 0.3) is 10.8 Å². The van der Waals surface area contributed by atoms with Gasteiger partial charge in [0.15, 0.2) is 5.78 Å². The Balaban J connectivity index is 1.26. The summed E-state index contributed by atoms with van der Waals surface area (Å²) < 4.78 is 53.2. The number of hydrogen-bond donors (Lipinski definition) is 1. The minimum atomic E-state index is -3.87. The van der Waals surface area contributed by atoms with Crippen LogP contribution in [0.5, 0.6) is 11.6 Å². The highest BCUT2D eigenvalue weighted by molar-refractivity contribution is 7.90. The Kier molecular flexibility index (Phi) is 11.7. The van der Waals surface area contributed by atoms with Gasteiger partial charge in [-0.3, -0.25) is 23.9 Å². The number of benzene rings is 2. The van der Waals surface area contributed by atoms with Crippen LogP contribution in [0.1, 0.15) is 85.1 Å². The summed E-state index contributed by atoms with van der Waals surface area (Å²) in [6.07, 6.45) is 4.18. The summed E-state index contributed by atoms with van der Waals surface area (Å²) in [6, 6.07) is 12.5. The number of ether oxygens (including phenoxy) is 2. The molecule has 2 heterocycles. The number of pyridine rings is 1. The molecule has 3 aromatic rings. The number of aromatic nitrogens is 1. The van der Waals surface area contributed by atoms with Gasteiger partial charge >= 0.3 is 0 Å². The second kappa shape index (κ2) is 15.9. The molecule has 1 N–H and O–H groups in total. The number of carbonyl (C=O) groups is 4. The summed E-state index contributed by atoms with van der Waals surface area (Å²) in [5.41, 5.74) is -1.57. The predicted molar refractivity (Wildman–Crippen MR) is 214 cm³/mol. The number of nitrogens with one attached hydrogen (secondary N) is 1. The molecule has 0 spiro atoms. The SMILES string of the molecule is C=C[C@@H]1C[C@]1(CC(=O)[C@@H]1C[C@@H](Oc2nccc3cc(OC)ccc23)CN1C(=O)[C@@H](CC(=O)CC(C)(C)Cc1ccc(F)cc1)C(C)(C)C)C(=O)NS(=O)(=O)C1CC1. The van der Waals surface area contributed by atoms with Crippen molar-refractivity contribution < 1.29 is 41.5 Å². The summed E-state index contributed by atoms with van der Waals surface area (Å²) in [6.45, 7) is 13.5. The maximum absolute atomic E-state index is 14.8. The van der Waals surface area contributed by atoms with Gasteiger partial charge in [0.25, 0.3) is 0 Å². The fraction of sp³-hybridized carbons (Fsp3) is 0.523. The van der Waals surface area contributed by atoms with Crippen LogP contribution in [-0.4, -0.2) is 72.7 Å². The Morgan fingerprint density at radius 2 is 1.77 bits per heavy atom. The van der Waals surface area contributed by atoms with Crippen molar-refractivity contribution >= 4 is 44.2 Å². The number of carbonyl (C=O) groups excluding carboxylic acids is 4. The molecular weight excluding hydrogens is 750 g/mol. The minimum absolute atomic E-state index is 0.0282. The maximum Gasteiger partial charge on any atom is 0.240 e. The molecular formula is C44H54FN3O8S. The number of likely N-dealkylation sites (tertiary alicyclic amines) is 1. The third-order valence-electron chi connectivity index (χ3n) is 11.7. The number of fused-ring (bicyclic) bond motifs is 1. The minimum Gasteiger partial charge on any atom is -0.497 e. The number of allylic oxidation sites excluding steroid dienone is 1. The molecule has 2 aliphatic carbocycles. The summed E-state index contributed by atoms with van der Waals surface area (Å²) in [5, 5.41) is 0.918. The van der Waals surface area contributed by atoms with Gasteiger partial charge in [-0.05, 0) is 89.8 Å². The van der Waals surface area contributed by atoms with Crippen LogP contribution in [0.15, 0.2) is 67.4 Å². The van der Waals surface area contributed by atoms with Crippen molar-refractivity contribution in [3.8, 4) is 11.6 Å². The molecule has 2 amide bonds. The van der Waals surface area contributed by atoms with Gasteiger partial charge in [0, 0.05) is 43.2 Å². The molecule has 3 fully saturated rings. The molecule has 1 aliphatic heterocycles. The van der Waals surface area contributed by atoms with E-state index in [-0.39, 0.29) is 56.2 Å². The van der Waals surface area contributed by atoms with Gasteiger partial charge in [-0.2, -0.15) is 0 Å². The van der Waals surface area contributed by atoms with E-state index >= 15 is 0 Å². The van der Waals surface area contributed by atoms with Gasteiger partial charge in [-0.15, -0.1) is 6.58 Å². The van der Waals surface area contributed by atoms with Gasteiger partial charge in [-0.1, -0.05) is 52.8 Å². The lowest BCUT2D eigenvalue weighted by Gasteiger charge is -2.35. The highest BCUT2D eigenvalue weighted by Crippen LogP contribution is 2.57. The van der Waals surface area contributed by atoms with E-state index in [1.807, 2.05) is 52.8 Å². The smallest absolute Gasteiger partial charge is 0.240 e. The molecule has 5 atom stereocenters. The normalized spacial score (nSPS) is 22.8. The van der Waals surface area contributed by atoms with E-state index in [9.17, 15) is 32.0 Å². The number of methoxy groups -OCH3 is 1. The number of sulfonamides is 1. The first-order valence-corrected chi connectivity index (χ1v) is 21.2. The molecule has 0 bridgehead atoms. The highest BCUT2D eigenvalue weighted by atomic mass is 32.2. The first-order valence-electron chi connectivity index (χ1n) is 19.6. The predicted octanol–water partition coefficient (Wildman–Crippen LogP) is 6.77. The van der Waals surface area contributed by atoms with Crippen LogP contribution in [0.4, 0.5) is 4.39 Å². The number of rotatable bonds is 17. The van der Waals surface area contributed by atoms with Crippen molar-refractivity contribution in [3.63, 3.8) is 0 Å². The van der Waals surface area contributed by atoms with E-state index < -0.39 is 67.2 Å². The molecule has 2 saturated carbocycles. The molecule has 2 aromatic carbocycles.